The summed E-state index contributed by atoms with van der Waals surface area (Å²) in [6.45, 7) is 2.88. The molecule has 2 rings (SSSR count). The van der Waals surface area contributed by atoms with E-state index < -0.39 is 0 Å². The zero-order valence-corrected chi connectivity index (χ0v) is 12.7. The summed E-state index contributed by atoms with van der Waals surface area (Å²) < 4.78 is 5.32. The van der Waals surface area contributed by atoms with Crippen molar-refractivity contribution < 1.29 is 4.74 Å². The van der Waals surface area contributed by atoms with Crippen LogP contribution in [0.1, 0.15) is 23.6 Å². The summed E-state index contributed by atoms with van der Waals surface area (Å²) in [5.74, 6) is 0.798. The molecule has 0 unspecified atom stereocenters. The van der Waals surface area contributed by atoms with Gasteiger partial charge in [0, 0.05) is 6.54 Å². The van der Waals surface area contributed by atoms with Crippen LogP contribution >= 0.6 is 12.2 Å². The van der Waals surface area contributed by atoms with Gasteiger partial charge >= 0.3 is 0 Å². The second-order valence-electron chi connectivity index (χ2n) is 4.55. The van der Waals surface area contributed by atoms with Crippen molar-refractivity contribution in [2.45, 2.75) is 19.9 Å². The molecule has 0 fully saturated rings. The lowest BCUT2D eigenvalue weighted by Crippen LogP contribution is -2.22. The molecule has 0 amide bonds. The normalized spacial score (nSPS) is 10.1. The van der Waals surface area contributed by atoms with E-state index in [2.05, 4.69) is 36.5 Å². The number of hydrogen-bond acceptors (Lipinski definition) is 2. The molecule has 0 heterocycles. The van der Waals surface area contributed by atoms with Crippen molar-refractivity contribution >= 4 is 17.2 Å². The fourth-order valence-corrected chi connectivity index (χ4v) is 2.24. The number of ether oxygens (including phenoxy) is 1. The molecule has 0 aliphatic carbocycles. The second-order valence-corrected chi connectivity index (χ2v) is 4.96. The Morgan fingerprint density at radius 1 is 1.05 bits per heavy atom. The van der Waals surface area contributed by atoms with Crippen LogP contribution in [0.3, 0.4) is 0 Å². The number of rotatable bonds is 5. The molecule has 0 aliphatic heterocycles. The summed E-state index contributed by atoms with van der Waals surface area (Å²) >= 11 is 5.43. The highest BCUT2D eigenvalue weighted by Gasteiger charge is 2.07. The van der Waals surface area contributed by atoms with Gasteiger partial charge in [0.25, 0.3) is 0 Å². The molecule has 1 N–H and O–H groups in total. The number of benzene rings is 2. The van der Waals surface area contributed by atoms with E-state index in [4.69, 9.17) is 17.0 Å². The van der Waals surface area contributed by atoms with Crippen LogP contribution in [0, 0.1) is 0 Å². The molecule has 0 bridgehead atoms. The molecule has 0 atom stereocenters. The molecule has 104 valence electrons. The van der Waals surface area contributed by atoms with E-state index in [0.717, 1.165) is 24.3 Å². The summed E-state index contributed by atoms with van der Waals surface area (Å²) in [5.41, 5.74) is 3.50. The quantitative estimate of drug-likeness (QED) is 0.846. The van der Waals surface area contributed by atoms with Crippen molar-refractivity contribution in [3.05, 3.63) is 65.2 Å². The van der Waals surface area contributed by atoms with Gasteiger partial charge in [-0.1, -0.05) is 55.5 Å². The number of hydrogen-bond donors (Lipinski definition) is 1. The molecule has 2 aromatic rings. The molecule has 0 spiro atoms. The van der Waals surface area contributed by atoms with Crippen LogP contribution in [-0.2, 0) is 13.0 Å². The maximum Gasteiger partial charge on any atom is 0.129 e. The Hall–Kier alpha value is -1.87. The fourth-order valence-electron chi connectivity index (χ4n) is 2.00. The molecular weight excluding hydrogens is 266 g/mol. The molecule has 0 radical (unpaired) electrons. The predicted octanol–water partition coefficient (Wildman–Crippen LogP) is 3.72. The minimum Gasteiger partial charge on any atom is -0.496 e. The number of aryl methyl sites for hydroxylation is 1. The minimum atomic E-state index is 0.710. The smallest absolute Gasteiger partial charge is 0.129 e. The van der Waals surface area contributed by atoms with Crippen LogP contribution < -0.4 is 10.1 Å². The molecule has 20 heavy (non-hydrogen) atoms. The van der Waals surface area contributed by atoms with Gasteiger partial charge < -0.3 is 10.1 Å². The number of nitrogens with one attached hydrogen (secondary N) is 1. The van der Waals surface area contributed by atoms with Crippen molar-refractivity contribution in [3.63, 3.8) is 0 Å². The lowest BCUT2D eigenvalue weighted by atomic mass is 10.1. The van der Waals surface area contributed by atoms with Crippen molar-refractivity contribution in [2.75, 3.05) is 7.11 Å². The average Bonchev–Trinajstić information content (AvgIpc) is 2.53. The summed E-state index contributed by atoms with van der Waals surface area (Å²) in [5, 5.41) is 3.28. The summed E-state index contributed by atoms with van der Waals surface area (Å²) in [6.07, 6.45) is 1.06. The van der Waals surface area contributed by atoms with Gasteiger partial charge in [0.2, 0.25) is 0 Å². The van der Waals surface area contributed by atoms with Crippen LogP contribution in [0.4, 0.5) is 0 Å². The van der Waals surface area contributed by atoms with Gasteiger partial charge in [0.1, 0.15) is 10.7 Å². The van der Waals surface area contributed by atoms with Gasteiger partial charge in [-0.3, -0.25) is 0 Å². The Kier molecular flexibility index (Phi) is 5.13. The standard InChI is InChI=1S/C17H19NOS/c1-3-13-8-10-14(11-9-13)12-18-17(20)15-6-4-5-7-16(15)19-2/h4-11H,3,12H2,1-2H3,(H,18,20). The van der Waals surface area contributed by atoms with E-state index in [9.17, 15) is 0 Å². The van der Waals surface area contributed by atoms with Crippen molar-refractivity contribution in [3.8, 4) is 5.75 Å². The third kappa shape index (κ3) is 3.58. The molecule has 0 aliphatic rings. The van der Waals surface area contributed by atoms with E-state index in [1.54, 1.807) is 7.11 Å². The Morgan fingerprint density at radius 2 is 1.70 bits per heavy atom. The lowest BCUT2D eigenvalue weighted by molar-refractivity contribution is 0.414. The number of para-hydroxylation sites is 1. The van der Waals surface area contributed by atoms with Crippen molar-refractivity contribution in [1.29, 1.82) is 0 Å². The van der Waals surface area contributed by atoms with E-state index in [1.165, 1.54) is 11.1 Å². The van der Waals surface area contributed by atoms with E-state index in [1.807, 2.05) is 24.3 Å². The monoisotopic (exact) mass is 285 g/mol. The Balaban J connectivity index is 2.01. The van der Waals surface area contributed by atoms with Crippen molar-refractivity contribution in [1.82, 2.24) is 5.32 Å². The topological polar surface area (TPSA) is 21.3 Å². The number of thiocarbonyl (C=S) groups is 1. The maximum atomic E-state index is 5.43. The molecule has 0 saturated heterocycles. The van der Waals surface area contributed by atoms with Crippen LogP contribution in [0.2, 0.25) is 0 Å². The van der Waals surface area contributed by atoms with Gasteiger partial charge in [-0.2, -0.15) is 0 Å². The van der Waals surface area contributed by atoms with Crippen LogP contribution in [0.25, 0.3) is 0 Å². The fraction of sp³-hybridized carbons (Fsp3) is 0.235. The summed E-state index contributed by atoms with van der Waals surface area (Å²) in [4.78, 5) is 0.710. The Morgan fingerprint density at radius 3 is 2.35 bits per heavy atom. The minimum absolute atomic E-state index is 0.710. The molecule has 3 heteroatoms. The van der Waals surface area contributed by atoms with Gasteiger partial charge in [-0.15, -0.1) is 0 Å². The van der Waals surface area contributed by atoms with E-state index in [0.29, 0.717) is 4.99 Å². The lowest BCUT2D eigenvalue weighted by Gasteiger charge is -2.12. The van der Waals surface area contributed by atoms with Crippen LogP contribution in [0.15, 0.2) is 48.5 Å². The number of methoxy groups -OCH3 is 1. The average molecular weight is 285 g/mol. The third-order valence-corrected chi connectivity index (χ3v) is 3.60. The first-order valence-electron chi connectivity index (χ1n) is 6.73. The first-order valence-corrected chi connectivity index (χ1v) is 7.14. The highest BCUT2D eigenvalue weighted by atomic mass is 32.1. The molecule has 0 saturated carbocycles. The van der Waals surface area contributed by atoms with Gasteiger partial charge in [-0.25, -0.2) is 0 Å². The van der Waals surface area contributed by atoms with Gasteiger partial charge in [0.05, 0.1) is 12.7 Å². The highest BCUT2D eigenvalue weighted by Crippen LogP contribution is 2.17. The largest absolute Gasteiger partial charge is 0.496 e. The Bertz CT molecular complexity index is 578. The molecule has 2 nitrogen and oxygen atoms in total. The third-order valence-electron chi connectivity index (χ3n) is 3.24. The second kappa shape index (κ2) is 7.06. The van der Waals surface area contributed by atoms with Crippen LogP contribution in [-0.4, -0.2) is 12.1 Å². The Labute approximate surface area is 125 Å². The van der Waals surface area contributed by atoms with Gasteiger partial charge in [0.15, 0.2) is 0 Å². The van der Waals surface area contributed by atoms with Crippen LogP contribution in [0.5, 0.6) is 5.75 Å². The zero-order valence-electron chi connectivity index (χ0n) is 11.8. The zero-order chi connectivity index (χ0) is 14.4. The van der Waals surface area contributed by atoms with E-state index >= 15 is 0 Å². The summed E-state index contributed by atoms with van der Waals surface area (Å²) in [6, 6.07) is 16.4. The first kappa shape index (κ1) is 14.5. The maximum absolute atomic E-state index is 5.43. The summed E-state index contributed by atoms with van der Waals surface area (Å²) in [7, 11) is 1.66. The SMILES string of the molecule is CCc1ccc(CNC(=S)c2ccccc2OC)cc1. The predicted molar refractivity (Wildman–Crippen MR) is 87.4 cm³/mol. The molecular formula is C17H19NOS. The van der Waals surface area contributed by atoms with Gasteiger partial charge in [-0.05, 0) is 29.7 Å². The van der Waals surface area contributed by atoms with Crippen molar-refractivity contribution in [2.24, 2.45) is 0 Å². The highest BCUT2D eigenvalue weighted by molar-refractivity contribution is 7.80. The molecule has 2 aromatic carbocycles. The van der Waals surface area contributed by atoms with E-state index in [-0.39, 0.29) is 0 Å². The molecule has 0 aromatic heterocycles. The first-order chi connectivity index (χ1) is 9.74.